The van der Waals surface area contributed by atoms with Crippen LogP contribution in [0.5, 0.6) is 0 Å². The van der Waals surface area contributed by atoms with Gasteiger partial charge in [-0.1, -0.05) is 66.4 Å². The fourth-order valence-electron chi connectivity index (χ4n) is 4.11. The predicted octanol–water partition coefficient (Wildman–Crippen LogP) is 5.40. The molecular weight excluding hydrogens is 449 g/mol. The molecule has 2 heterocycles. The molecule has 1 aliphatic heterocycles. The molecule has 0 bridgehead atoms. The second kappa shape index (κ2) is 10.1. The van der Waals surface area contributed by atoms with Gasteiger partial charge in [0.1, 0.15) is 11.5 Å². The van der Waals surface area contributed by atoms with Crippen LogP contribution in [0.4, 0.5) is 15.8 Å². The van der Waals surface area contributed by atoms with Gasteiger partial charge in [-0.15, -0.1) is 10.2 Å². The SMILES string of the molecule is O=C(CSc1nnc(-c2ccccc2)n1-c1ccccc1)Nc1c(F)cccc1N1CCCC1. The summed E-state index contributed by atoms with van der Waals surface area (Å²) in [4.78, 5) is 15.0. The van der Waals surface area contributed by atoms with E-state index in [1.165, 1.54) is 17.8 Å². The number of rotatable bonds is 7. The Bertz CT molecular complexity index is 1270. The minimum Gasteiger partial charge on any atom is -0.370 e. The molecule has 1 aliphatic rings. The molecule has 1 aromatic heterocycles. The number of aromatic nitrogens is 3. The largest absolute Gasteiger partial charge is 0.370 e. The van der Waals surface area contributed by atoms with E-state index in [0.717, 1.165) is 42.9 Å². The van der Waals surface area contributed by atoms with Gasteiger partial charge in [0, 0.05) is 24.3 Å². The third-order valence-corrected chi connectivity index (χ3v) is 6.64. The molecule has 0 atom stereocenters. The van der Waals surface area contributed by atoms with Crippen molar-refractivity contribution in [3.05, 3.63) is 84.7 Å². The Hall–Kier alpha value is -3.65. The van der Waals surface area contributed by atoms with Crippen LogP contribution in [0.15, 0.2) is 84.0 Å². The molecule has 34 heavy (non-hydrogen) atoms. The van der Waals surface area contributed by atoms with Crippen molar-refractivity contribution in [2.24, 2.45) is 0 Å². The first-order chi connectivity index (χ1) is 16.7. The highest BCUT2D eigenvalue weighted by atomic mass is 32.2. The van der Waals surface area contributed by atoms with Crippen molar-refractivity contribution in [1.82, 2.24) is 14.8 Å². The molecule has 0 radical (unpaired) electrons. The molecule has 0 unspecified atom stereocenters. The number of hydrogen-bond donors (Lipinski definition) is 1. The number of anilines is 2. The van der Waals surface area contributed by atoms with Gasteiger partial charge in [0.2, 0.25) is 5.91 Å². The number of thioether (sulfide) groups is 1. The Balaban J connectivity index is 1.37. The van der Waals surface area contributed by atoms with Gasteiger partial charge in [0.05, 0.1) is 11.4 Å². The molecule has 4 aromatic rings. The van der Waals surface area contributed by atoms with Crippen LogP contribution in [0.3, 0.4) is 0 Å². The Kier molecular flexibility index (Phi) is 6.58. The summed E-state index contributed by atoms with van der Waals surface area (Å²) in [5, 5.41) is 12.1. The first-order valence-corrected chi connectivity index (χ1v) is 12.2. The maximum absolute atomic E-state index is 14.6. The summed E-state index contributed by atoms with van der Waals surface area (Å²) in [5.41, 5.74) is 2.80. The number of carbonyl (C=O) groups excluding carboxylic acids is 1. The summed E-state index contributed by atoms with van der Waals surface area (Å²) in [6.07, 6.45) is 2.14. The zero-order chi connectivity index (χ0) is 23.3. The van der Waals surface area contributed by atoms with Gasteiger partial charge >= 0.3 is 0 Å². The minimum atomic E-state index is -0.429. The van der Waals surface area contributed by atoms with Crippen LogP contribution in [0.1, 0.15) is 12.8 Å². The monoisotopic (exact) mass is 473 g/mol. The van der Waals surface area contributed by atoms with E-state index in [1.54, 1.807) is 6.07 Å². The van der Waals surface area contributed by atoms with Crippen LogP contribution >= 0.6 is 11.8 Å². The number of carbonyl (C=O) groups is 1. The maximum atomic E-state index is 14.6. The van der Waals surface area contributed by atoms with E-state index in [1.807, 2.05) is 71.3 Å². The zero-order valence-corrected chi connectivity index (χ0v) is 19.3. The molecule has 1 fully saturated rings. The van der Waals surface area contributed by atoms with Crippen molar-refractivity contribution < 1.29 is 9.18 Å². The Morgan fingerprint density at radius 2 is 1.62 bits per heavy atom. The Morgan fingerprint density at radius 3 is 2.35 bits per heavy atom. The first-order valence-electron chi connectivity index (χ1n) is 11.2. The highest BCUT2D eigenvalue weighted by Gasteiger charge is 2.21. The predicted molar refractivity (Wildman–Crippen MR) is 134 cm³/mol. The summed E-state index contributed by atoms with van der Waals surface area (Å²) in [6, 6.07) is 24.5. The van der Waals surface area contributed by atoms with Gasteiger partial charge in [-0.3, -0.25) is 9.36 Å². The molecule has 8 heteroatoms. The van der Waals surface area contributed by atoms with Crippen LogP contribution in [-0.4, -0.2) is 39.5 Å². The number of amides is 1. The summed E-state index contributed by atoms with van der Waals surface area (Å²) >= 11 is 1.27. The third kappa shape index (κ3) is 4.68. The summed E-state index contributed by atoms with van der Waals surface area (Å²) in [5.74, 6) is 0.0502. The van der Waals surface area contributed by atoms with E-state index >= 15 is 0 Å². The van der Waals surface area contributed by atoms with Crippen LogP contribution < -0.4 is 10.2 Å². The van der Waals surface area contributed by atoms with Crippen molar-refractivity contribution in [2.45, 2.75) is 18.0 Å². The molecule has 1 saturated heterocycles. The Labute approximate surface area is 201 Å². The fraction of sp³-hybridized carbons (Fsp3) is 0.192. The lowest BCUT2D eigenvalue weighted by Gasteiger charge is -2.22. The van der Waals surface area contributed by atoms with Gasteiger partial charge < -0.3 is 10.2 Å². The number of halogens is 1. The smallest absolute Gasteiger partial charge is 0.234 e. The zero-order valence-electron chi connectivity index (χ0n) is 18.5. The molecule has 6 nitrogen and oxygen atoms in total. The normalized spacial score (nSPS) is 13.3. The highest BCUT2D eigenvalue weighted by Crippen LogP contribution is 2.32. The molecular formula is C26H24FN5OS. The van der Waals surface area contributed by atoms with Gasteiger partial charge in [0.15, 0.2) is 11.0 Å². The lowest BCUT2D eigenvalue weighted by atomic mass is 10.2. The molecule has 0 aliphatic carbocycles. The molecule has 1 amide bonds. The lowest BCUT2D eigenvalue weighted by molar-refractivity contribution is -0.113. The standard InChI is InChI=1S/C26H24FN5OS/c27-21-14-9-15-22(31-16-7-8-17-31)24(21)28-23(33)18-34-26-30-29-25(19-10-3-1-4-11-19)32(26)20-12-5-2-6-13-20/h1-6,9-15H,7-8,16-18H2,(H,28,33). The fourth-order valence-corrected chi connectivity index (χ4v) is 4.86. The van der Waals surface area contributed by atoms with E-state index in [-0.39, 0.29) is 17.3 Å². The van der Waals surface area contributed by atoms with Crippen molar-refractivity contribution in [1.29, 1.82) is 0 Å². The quantitative estimate of drug-likeness (QED) is 0.364. The topological polar surface area (TPSA) is 63.1 Å². The van der Waals surface area contributed by atoms with Gasteiger partial charge in [-0.05, 0) is 37.1 Å². The number of hydrogen-bond acceptors (Lipinski definition) is 5. The van der Waals surface area contributed by atoms with E-state index in [9.17, 15) is 9.18 Å². The summed E-state index contributed by atoms with van der Waals surface area (Å²) in [7, 11) is 0. The minimum absolute atomic E-state index is 0.0769. The molecule has 0 saturated carbocycles. The Morgan fingerprint density at radius 1 is 0.912 bits per heavy atom. The second-order valence-corrected chi connectivity index (χ2v) is 8.95. The van der Waals surface area contributed by atoms with Crippen molar-refractivity contribution >= 4 is 29.0 Å². The van der Waals surface area contributed by atoms with Crippen molar-refractivity contribution in [2.75, 3.05) is 29.1 Å². The van der Waals surface area contributed by atoms with Crippen LogP contribution in [0, 0.1) is 5.82 Å². The second-order valence-electron chi connectivity index (χ2n) is 8.01. The average Bonchev–Trinajstić information content (AvgIpc) is 3.56. The summed E-state index contributed by atoms with van der Waals surface area (Å²) in [6.45, 7) is 1.73. The van der Waals surface area contributed by atoms with Crippen molar-refractivity contribution in [3.8, 4) is 17.1 Å². The molecule has 1 N–H and O–H groups in total. The number of nitrogens with zero attached hydrogens (tertiary/aromatic N) is 4. The number of benzene rings is 3. The number of para-hydroxylation sites is 2. The van der Waals surface area contributed by atoms with Gasteiger partial charge in [0.25, 0.3) is 0 Å². The lowest BCUT2D eigenvalue weighted by Crippen LogP contribution is -2.22. The van der Waals surface area contributed by atoms with E-state index < -0.39 is 5.82 Å². The average molecular weight is 474 g/mol. The third-order valence-electron chi connectivity index (χ3n) is 5.71. The van der Waals surface area contributed by atoms with Crippen LogP contribution in [0.25, 0.3) is 17.1 Å². The van der Waals surface area contributed by atoms with Crippen molar-refractivity contribution in [3.63, 3.8) is 0 Å². The molecule has 3 aromatic carbocycles. The summed E-state index contributed by atoms with van der Waals surface area (Å²) < 4.78 is 16.6. The molecule has 172 valence electrons. The van der Waals surface area contributed by atoms with E-state index in [2.05, 4.69) is 20.4 Å². The first kappa shape index (κ1) is 22.2. The van der Waals surface area contributed by atoms with Crippen LogP contribution in [-0.2, 0) is 4.79 Å². The molecule has 0 spiro atoms. The van der Waals surface area contributed by atoms with Crippen LogP contribution in [0.2, 0.25) is 0 Å². The van der Waals surface area contributed by atoms with Gasteiger partial charge in [-0.25, -0.2) is 4.39 Å². The molecule has 5 rings (SSSR count). The van der Waals surface area contributed by atoms with E-state index in [0.29, 0.717) is 11.0 Å². The maximum Gasteiger partial charge on any atom is 0.234 e. The highest BCUT2D eigenvalue weighted by molar-refractivity contribution is 7.99. The van der Waals surface area contributed by atoms with Gasteiger partial charge in [-0.2, -0.15) is 0 Å². The van der Waals surface area contributed by atoms with E-state index in [4.69, 9.17) is 0 Å². The number of nitrogens with one attached hydrogen (secondary N) is 1.